The molecule has 0 aromatic rings. The van der Waals surface area contributed by atoms with Gasteiger partial charge >= 0.3 is 0 Å². The van der Waals surface area contributed by atoms with Gasteiger partial charge in [0.25, 0.3) is 20.3 Å². The summed E-state index contributed by atoms with van der Waals surface area (Å²) in [7, 11) is 0. The quantitative estimate of drug-likeness (QED) is 0.295. The molecule has 0 aliphatic heterocycles. The SMILES string of the molecule is O=C1C(CO[N+](=O)[O-])(CO[N+](=O)[O-])CCC1(CO[N+](=O)[O-])CO[N+](=O)[O-]. The Bertz CT molecular complexity index is 520. The van der Waals surface area contributed by atoms with Crippen molar-refractivity contribution in [1.29, 1.82) is 0 Å². The average molecular weight is 384 g/mol. The zero-order valence-electron chi connectivity index (χ0n) is 12.8. The van der Waals surface area contributed by atoms with Crippen molar-refractivity contribution in [3.05, 3.63) is 40.5 Å². The van der Waals surface area contributed by atoms with E-state index >= 15 is 0 Å². The molecule has 0 aromatic heterocycles. The number of carbonyl (C=O) groups excluding carboxylic acids is 1. The molecule has 0 aromatic carbocycles. The Labute approximate surface area is 142 Å². The summed E-state index contributed by atoms with van der Waals surface area (Å²) in [5.41, 5.74) is -3.89. The second-order valence-corrected chi connectivity index (χ2v) is 5.38. The van der Waals surface area contributed by atoms with Gasteiger partial charge in [-0.15, -0.1) is 40.5 Å². The third-order valence-corrected chi connectivity index (χ3v) is 3.83. The highest BCUT2D eigenvalue weighted by atomic mass is 17.0. The molecular formula is C9H12N4O13. The number of Topliss-reactive ketones (excluding diaryl/α,β-unsaturated/α-hetero) is 1. The van der Waals surface area contributed by atoms with Gasteiger partial charge in [-0.05, 0) is 12.8 Å². The molecule has 1 aliphatic rings. The Morgan fingerprint density at radius 2 is 0.885 bits per heavy atom. The van der Waals surface area contributed by atoms with E-state index in [0.717, 1.165) is 0 Å². The molecule has 0 bridgehead atoms. The van der Waals surface area contributed by atoms with Crippen molar-refractivity contribution in [2.75, 3.05) is 26.4 Å². The lowest BCUT2D eigenvalue weighted by Gasteiger charge is -2.30. The molecule has 1 aliphatic carbocycles. The highest BCUT2D eigenvalue weighted by Gasteiger charge is 2.58. The molecular weight excluding hydrogens is 372 g/mol. The summed E-state index contributed by atoms with van der Waals surface area (Å²) in [4.78, 5) is 70.9. The number of rotatable bonds is 12. The predicted octanol–water partition coefficient (Wildman–Crippen LogP) is -0.845. The minimum absolute atomic E-state index is 0.310. The van der Waals surface area contributed by atoms with Crippen molar-refractivity contribution >= 4 is 5.78 Å². The van der Waals surface area contributed by atoms with E-state index in [4.69, 9.17) is 0 Å². The lowest BCUT2D eigenvalue weighted by atomic mass is 9.79. The van der Waals surface area contributed by atoms with Gasteiger partial charge in [-0.3, -0.25) is 4.79 Å². The van der Waals surface area contributed by atoms with Crippen LogP contribution in [0.1, 0.15) is 12.8 Å². The topological polar surface area (TPSA) is 227 Å². The molecule has 146 valence electrons. The number of hydrogen-bond donors (Lipinski definition) is 0. The fourth-order valence-electron chi connectivity index (χ4n) is 2.61. The first-order valence-electron chi connectivity index (χ1n) is 6.67. The Morgan fingerprint density at radius 3 is 1.08 bits per heavy atom. The van der Waals surface area contributed by atoms with Gasteiger partial charge in [0.15, 0.2) is 5.78 Å². The zero-order valence-corrected chi connectivity index (χ0v) is 12.8. The van der Waals surface area contributed by atoms with Crippen molar-refractivity contribution in [3.63, 3.8) is 0 Å². The molecule has 0 amide bonds. The molecule has 17 heteroatoms. The second-order valence-electron chi connectivity index (χ2n) is 5.38. The van der Waals surface area contributed by atoms with Crippen molar-refractivity contribution in [1.82, 2.24) is 0 Å². The number of carbonyl (C=O) groups is 1. The Balaban J connectivity index is 3.12. The van der Waals surface area contributed by atoms with Crippen molar-refractivity contribution in [2.45, 2.75) is 12.8 Å². The van der Waals surface area contributed by atoms with Gasteiger partial charge < -0.3 is 19.4 Å². The molecule has 0 atom stereocenters. The molecule has 0 heterocycles. The Kier molecular flexibility index (Phi) is 6.34. The maximum absolute atomic E-state index is 12.8. The Hall–Kier alpha value is -3.53. The van der Waals surface area contributed by atoms with Crippen LogP contribution < -0.4 is 0 Å². The van der Waals surface area contributed by atoms with Gasteiger partial charge in [-0.25, -0.2) is 0 Å². The maximum atomic E-state index is 12.8. The molecule has 1 fully saturated rings. The summed E-state index contributed by atoms with van der Waals surface area (Å²) in [6.45, 7) is -3.81. The predicted molar refractivity (Wildman–Crippen MR) is 70.9 cm³/mol. The molecule has 0 N–H and O–H groups in total. The van der Waals surface area contributed by atoms with Gasteiger partial charge in [0.1, 0.15) is 26.4 Å². The molecule has 17 nitrogen and oxygen atoms in total. The minimum Gasteiger partial charge on any atom is -0.313 e. The van der Waals surface area contributed by atoms with E-state index in [1.165, 1.54) is 0 Å². The summed E-state index contributed by atoms with van der Waals surface area (Å²) in [6, 6.07) is 0. The maximum Gasteiger partial charge on any atom is 0.294 e. The van der Waals surface area contributed by atoms with Crippen LogP contribution in [0, 0.1) is 51.3 Å². The van der Waals surface area contributed by atoms with Crippen molar-refractivity contribution in [2.24, 2.45) is 10.8 Å². The van der Waals surface area contributed by atoms with Crippen LogP contribution in [0.5, 0.6) is 0 Å². The lowest BCUT2D eigenvalue weighted by Crippen LogP contribution is -2.47. The van der Waals surface area contributed by atoms with Crippen molar-refractivity contribution in [3.8, 4) is 0 Å². The molecule has 0 radical (unpaired) electrons. The summed E-state index contributed by atoms with van der Waals surface area (Å²) >= 11 is 0. The van der Waals surface area contributed by atoms with Gasteiger partial charge in [-0.2, -0.15) is 0 Å². The highest BCUT2D eigenvalue weighted by molar-refractivity contribution is 5.93. The Morgan fingerprint density at radius 1 is 0.654 bits per heavy atom. The third-order valence-electron chi connectivity index (χ3n) is 3.83. The fraction of sp³-hybridized carbons (Fsp3) is 0.889. The van der Waals surface area contributed by atoms with Gasteiger partial charge in [0.05, 0.1) is 10.8 Å². The monoisotopic (exact) mass is 384 g/mol. The molecule has 26 heavy (non-hydrogen) atoms. The minimum atomic E-state index is -1.94. The van der Waals surface area contributed by atoms with Gasteiger partial charge in [0.2, 0.25) is 0 Å². The van der Waals surface area contributed by atoms with E-state index in [1.807, 2.05) is 0 Å². The van der Waals surface area contributed by atoms with Crippen LogP contribution in [0.3, 0.4) is 0 Å². The smallest absolute Gasteiger partial charge is 0.294 e. The first kappa shape index (κ1) is 20.5. The van der Waals surface area contributed by atoms with E-state index in [-0.39, 0.29) is 12.8 Å². The number of hydrogen-bond acceptors (Lipinski definition) is 13. The van der Waals surface area contributed by atoms with E-state index in [0.29, 0.717) is 0 Å². The summed E-state index contributed by atoms with van der Waals surface area (Å²) in [5.74, 6) is -1.04. The van der Waals surface area contributed by atoms with E-state index in [1.54, 1.807) is 0 Å². The van der Waals surface area contributed by atoms with Gasteiger partial charge in [0, 0.05) is 0 Å². The van der Waals surface area contributed by atoms with Crippen LogP contribution in [0.4, 0.5) is 0 Å². The first-order chi connectivity index (χ1) is 12.0. The van der Waals surface area contributed by atoms with Crippen LogP contribution in [-0.2, 0) is 24.1 Å². The number of ketones is 1. The van der Waals surface area contributed by atoms with Crippen LogP contribution in [0.15, 0.2) is 0 Å². The normalized spacial score (nSPS) is 17.2. The lowest BCUT2D eigenvalue weighted by molar-refractivity contribution is -0.771. The summed E-state index contributed by atoms with van der Waals surface area (Å²) < 4.78 is 0. The number of nitrogens with zero attached hydrogens (tertiary/aromatic N) is 4. The molecule has 1 rings (SSSR count). The van der Waals surface area contributed by atoms with Crippen molar-refractivity contribution < 1.29 is 44.5 Å². The van der Waals surface area contributed by atoms with E-state index < -0.39 is 63.4 Å². The second kappa shape index (κ2) is 8.03. The molecule has 0 saturated heterocycles. The van der Waals surface area contributed by atoms with E-state index in [2.05, 4.69) is 19.4 Å². The molecule has 0 spiro atoms. The van der Waals surface area contributed by atoms with Crippen LogP contribution in [0.2, 0.25) is 0 Å². The van der Waals surface area contributed by atoms with E-state index in [9.17, 15) is 45.3 Å². The fourth-order valence-corrected chi connectivity index (χ4v) is 2.61. The molecule has 0 unspecified atom stereocenters. The summed E-state index contributed by atoms with van der Waals surface area (Å²) in [5, 5.41) is 36.6. The van der Waals surface area contributed by atoms with Crippen LogP contribution >= 0.6 is 0 Å². The highest BCUT2D eigenvalue weighted by Crippen LogP contribution is 2.47. The molecule has 1 saturated carbocycles. The largest absolute Gasteiger partial charge is 0.313 e. The third kappa shape index (κ3) is 4.98. The average Bonchev–Trinajstić information content (AvgIpc) is 2.81. The standard InChI is InChI=1S/C9H12N4O13/c14-7-8(3-23-10(15)16,4-24-11(17)18)1-2-9(7,5-25-12(19)20)6-26-13(21)22/h1-6H2. The van der Waals surface area contributed by atoms with Gasteiger partial charge in [-0.1, -0.05) is 0 Å². The van der Waals surface area contributed by atoms with Crippen LogP contribution in [0.25, 0.3) is 0 Å². The zero-order chi connectivity index (χ0) is 20.0. The summed E-state index contributed by atoms with van der Waals surface area (Å²) in [6.07, 6.45) is -0.620. The first-order valence-corrected chi connectivity index (χ1v) is 6.67. The van der Waals surface area contributed by atoms with Crippen LogP contribution in [-0.4, -0.2) is 52.6 Å².